The monoisotopic (exact) mass is 417 g/mol. The number of ether oxygens (including phenoxy) is 1. The van der Waals surface area contributed by atoms with Crippen LogP contribution >= 0.6 is 11.6 Å². The van der Waals surface area contributed by atoms with Gasteiger partial charge in [-0.15, -0.1) is 0 Å². The third kappa shape index (κ3) is 5.12. The first-order valence-electron chi connectivity index (χ1n) is 9.03. The van der Waals surface area contributed by atoms with Gasteiger partial charge in [0.15, 0.2) is 0 Å². The van der Waals surface area contributed by atoms with Crippen LogP contribution in [0.4, 0.5) is 4.39 Å². The third-order valence-corrected chi connectivity index (χ3v) is 4.76. The molecule has 0 atom stereocenters. The molecule has 0 aliphatic carbocycles. The number of halogens is 2. The molecular formula is C21H21ClFN3O3. The molecule has 0 saturated carbocycles. The molecule has 0 bridgehead atoms. The number of amides is 1. The van der Waals surface area contributed by atoms with Crippen molar-refractivity contribution in [1.82, 2.24) is 15.0 Å². The van der Waals surface area contributed by atoms with E-state index in [4.69, 9.17) is 20.9 Å². The number of nitrogens with zero attached hydrogens (tertiary/aromatic N) is 3. The first kappa shape index (κ1) is 20.8. The molecule has 3 rings (SSSR count). The Labute approximate surface area is 173 Å². The molecule has 3 aromatic rings. The predicted molar refractivity (Wildman–Crippen MR) is 107 cm³/mol. The third-order valence-electron chi connectivity index (χ3n) is 4.53. The Kier molecular flexibility index (Phi) is 6.49. The lowest BCUT2D eigenvalue weighted by atomic mass is 10.1. The average Bonchev–Trinajstić information content (AvgIpc) is 3.17. The molecule has 1 aromatic heterocycles. The maximum atomic E-state index is 13.7. The van der Waals surface area contributed by atoms with Crippen molar-refractivity contribution in [1.29, 1.82) is 0 Å². The highest BCUT2D eigenvalue weighted by Gasteiger charge is 2.16. The predicted octanol–water partition coefficient (Wildman–Crippen LogP) is 4.44. The second-order valence-corrected chi connectivity index (χ2v) is 7.12. The summed E-state index contributed by atoms with van der Waals surface area (Å²) >= 11 is 6.04. The summed E-state index contributed by atoms with van der Waals surface area (Å²) in [6.45, 7) is 2.04. The van der Waals surface area contributed by atoms with E-state index in [0.29, 0.717) is 40.2 Å². The van der Waals surface area contributed by atoms with Gasteiger partial charge in [0.05, 0.1) is 7.11 Å². The van der Waals surface area contributed by atoms with Gasteiger partial charge in [0, 0.05) is 42.6 Å². The molecule has 6 nitrogen and oxygen atoms in total. The van der Waals surface area contributed by atoms with Crippen LogP contribution in [0.2, 0.25) is 5.02 Å². The summed E-state index contributed by atoms with van der Waals surface area (Å²) in [4.78, 5) is 18.3. The Balaban J connectivity index is 1.60. The van der Waals surface area contributed by atoms with Gasteiger partial charge in [-0.25, -0.2) is 4.39 Å². The molecule has 2 aromatic carbocycles. The van der Waals surface area contributed by atoms with Gasteiger partial charge >= 0.3 is 0 Å². The first-order valence-corrected chi connectivity index (χ1v) is 9.40. The van der Waals surface area contributed by atoms with Crippen molar-refractivity contribution in [3.63, 3.8) is 0 Å². The maximum Gasteiger partial charge on any atom is 0.227 e. The van der Waals surface area contributed by atoms with Crippen LogP contribution in [-0.4, -0.2) is 35.1 Å². The SMILES string of the molecule is COc1ccc(Cl)cc1CN(C)C(=O)CCc1nc(-c2ccc(C)c(F)c2)no1. The van der Waals surface area contributed by atoms with Crippen molar-refractivity contribution in [3.05, 3.63) is 64.3 Å². The molecule has 0 saturated heterocycles. The van der Waals surface area contributed by atoms with Crippen molar-refractivity contribution in [2.45, 2.75) is 26.3 Å². The number of rotatable bonds is 7. The Morgan fingerprint density at radius 3 is 2.79 bits per heavy atom. The second-order valence-electron chi connectivity index (χ2n) is 6.68. The quantitative estimate of drug-likeness (QED) is 0.568. The van der Waals surface area contributed by atoms with Gasteiger partial charge in [0.2, 0.25) is 17.6 Å². The van der Waals surface area contributed by atoms with E-state index < -0.39 is 0 Å². The number of aryl methyl sites for hydroxylation is 2. The number of benzene rings is 2. The molecule has 1 amide bonds. The molecule has 29 heavy (non-hydrogen) atoms. The molecule has 0 spiro atoms. The highest BCUT2D eigenvalue weighted by molar-refractivity contribution is 6.30. The fourth-order valence-electron chi connectivity index (χ4n) is 2.82. The van der Waals surface area contributed by atoms with Crippen LogP contribution in [0.5, 0.6) is 5.75 Å². The summed E-state index contributed by atoms with van der Waals surface area (Å²) in [7, 11) is 3.28. The van der Waals surface area contributed by atoms with E-state index in [1.165, 1.54) is 6.07 Å². The van der Waals surface area contributed by atoms with Crippen LogP contribution in [0, 0.1) is 12.7 Å². The molecule has 0 unspecified atom stereocenters. The topological polar surface area (TPSA) is 68.5 Å². The maximum absolute atomic E-state index is 13.7. The van der Waals surface area contributed by atoms with Gasteiger partial charge in [0.1, 0.15) is 11.6 Å². The number of hydrogen-bond donors (Lipinski definition) is 0. The Hall–Kier alpha value is -2.93. The highest BCUT2D eigenvalue weighted by Crippen LogP contribution is 2.24. The van der Waals surface area contributed by atoms with Crippen molar-refractivity contribution >= 4 is 17.5 Å². The van der Waals surface area contributed by atoms with Gasteiger partial charge < -0.3 is 14.2 Å². The largest absolute Gasteiger partial charge is 0.496 e. The van der Waals surface area contributed by atoms with E-state index in [0.717, 1.165) is 5.56 Å². The molecule has 8 heteroatoms. The van der Waals surface area contributed by atoms with Crippen molar-refractivity contribution in [3.8, 4) is 17.1 Å². The average molecular weight is 418 g/mol. The zero-order valence-corrected chi connectivity index (χ0v) is 17.2. The number of methoxy groups -OCH3 is 1. The smallest absolute Gasteiger partial charge is 0.227 e. The van der Waals surface area contributed by atoms with Crippen molar-refractivity contribution in [2.24, 2.45) is 0 Å². The van der Waals surface area contributed by atoms with Crippen LogP contribution < -0.4 is 4.74 Å². The molecule has 1 heterocycles. The van der Waals surface area contributed by atoms with Crippen LogP contribution in [0.3, 0.4) is 0 Å². The molecule has 0 aliphatic rings. The number of hydrogen-bond acceptors (Lipinski definition) is 5. The van der Waals surface area contributed by atoms with Gasteiger partial charge in [0.25, 0.3) is 0 Å². The van der Waals surface area contributed by atoms with E-state index >= 15 is 0 Å². The minimum Gasteiger partial charge on any atom is -0.496 e. The molecular weight excluding hydrogens is 397 g/mol. The standard InChI is InChI=1S/C21H21ClFN3O3/c1-13-4-5-14(11-17(13)23)21-24-19(29-25-21)8-9-20(27)26(2)12-15-10-16(22)6-7-18(15)28-3/h4-7,10-11H,8-9,12H2,1-3H3. The zero-order chi connectivity index (χ0) is 21.0. The lowest BCUT2D eigenvalue weighted by Crippen LogP contribution is -2.26. The van der Waals surface area contributed by atoms with E-state index in [1.807, 2.05) is 0 Å². The first-order chi connectivity index (χ1) is 13.9. The molecule has 0 aliphatic heterocycles. The lowest BCUT2D eigenvalue weighted by molar-refractivity contribution is -0.130. The number of carbonyl (C=O) groups excluding carboxylic acids is 1. The Morgan fingerprint density at radius 2 is 2.07 bits per heavy atom. The highest BCUT2D eigenvalue weighted by atomic mass is 35.5. The molecule has 0 radical (unpaired) electrons. The van der Waals surface area contributed by atoms with E-state index in [-0.39, 0.29) is 24.6 Å². The van der Waals surface area contributed by atoms with E-state index in [9.17, 15) is 9.18 Å². The van der Waals surface area contributed by atoms with Crippen LogP contribution in [0.25, 0.3) is 11.4 Å². The summed E-state index contributed by atoms with van der Waals surface area (Å²) in [5.74, 6) is 0.864. The fourth-order valence-corrected chi connectivity index (χ4v) is 3.02. The van der Waals surface area contributed by atoms with E-state index in [1.54, 1.807) is 56.3 Å². The van der Waals surface area contributed by atoms with Crippen LogP contribution in [0.1, 0.15) is 23.4 Å². The fraction of sp³-hybridized carbons (Fsp3) is 0.286. The Morgan fingerprint density at radius 1 is 1.28 bits per heavy atom. The summed E-state index contributed by atoms with van der Waals surface area (Å²) < 4.78 is 24.2. The minimum absolute atomic E-state index is 0.0897. The zero-order valence-electron chi connectivity index (χ0n) is 16.4. The number of aromatic nitrogens is 2. The van der Waals surface area contributed by atoms with Gasteiger partial charge in [-0.3, -0.25) is 4.79 Å². The lowest BCUT2D eigenvalue weighted by Gasteiger charge is -2.18. The van der Waals surface area contributed by atoms with Crippen molar-refractivity contribution in [2.75, 3.05) is 14.2 Å². The normalized spacial score (nSPS) is 10.8. The molecule has 0 N–H and O–H groups in total. The molecule has 0 fully saturated rings. The van der Waals surface area contributed by atoms with Crippen molar-refractivity contribution < 1.29 is 18.4 Å². The van der Waals surface area contributed by atoms with Gasteiger partial charge in [-0.2, -0.15) is 4.98 Å². The Bertz CT molecular complexity index is 1020. The van der Waals surface area contributed by atoms with E-state index in [2.05, 4.69) is 10.1 Å². The summed E-state index contributed by atoms with van der Waals surface area (Å²) in [5, 5.41) is 4.45. The second kappa shape index (κ2) is 9.05. The minimum atomic E-state index is -0.331. The molecule has 152 valence electrons. The summed E-state index contributed by atoms with van der Waals surface area (Å²) in [6, 6.07) is 10.0. The van der Waals surface area contributed by atoms with Gasteiger partial charge in [-0.1, -0.05) is 28.9 Å². The van der Waals surface area contributed by atoms with Gasteiger partial charge in [-0.05, 0) is 36.8 Å². The number of carbonyl (C=O) groups is 1. The summed E-state index contributed by atoms with van der Waals surface area (Å²) in [6.07, 6.45) is 0.487. The summed E-state index contributed by atoms with van der Waals surface area (Å²) in [5.41, 5.74) is 1.89. The van der Waals surface area contributed by atoms with Crippen LogP contribution in [-0.2, 0) is 17.8 Å². The van der Waals surface area contributed by atoms with Crippen LogP contribution in [0.15, 0.2) is 40.9 Å².